The van der Waals surface area contributed by atoms with E-state index < -0.39 is 0 Å². The van der Waals surface area contributed by atoms with E-state index in [-0.39, 0.29) is 0 Å². The summed E-state index contributed by atoms with van der Waals surface area (Å²) in [6.07, 6.45) is 1.47. The number of aromatic nitrogens is 2. The Morgan fingerprint density at radius 3 is 2.67 bits per heavy atom. The SMILES string of the molecule is CCNc1ncnc(NN)c1C. The minimum atomic E-state index is 0.654. The molecule has 1 aromatic rings. The van der Waals surface area contributed by atoms with E-state index in [2.05, 4.69) is 20.7 Å². The number of nitrogens with zero attached hydrogens (tertiary/aromatic N) is 2. The van der Waals surface area contributed by atoms with Crippen LogP contribution >= 0.6 is 0 Å². The Kier molecular flexibility index (Phi) is 2.82. The molecular weight excluding hydrogens is 154 g/mol. The van der Waals surface area contributed by atoms with Crippen molar-refractivity contribution in [1.29, 1.82) is 0 Å². The molecule has 5 heteroatoms. The molecule has 0 aliphatic heterocycles. The Morgan fingerprint density at radius 2 is 2.08 bits per heavy atom. The van der Waals surface area contributed by atoms with Gasteiger partial charge < -0.3 is 10.7 Å². The van der Waals surface area contributed by atoms with Crippen LogP contribution in [0.5, 0.6) is 0 Å². The summed E-state index contributed by atoms with van der Waals surface area (Å²) in [6.45, 7) is 4.76. The monoisotopic (exact) mass is 167 g/mol. The molecular formula is C7H13N5. The summed E-state index contributed by atoms with van der Waals surface area (Å²) in [7, 11) is 0. The lowest BCUT2D eigenvalue weighted by Gasteiger charge is -2.08. The molecule has 1 heterocycles. The first-order valence-electron chi connectivity index (χ1n) is 3.81. The number of rotatable bonds is 3. The van der Waals surface area contributed by atoms with E-state index in [9.17, 15) is 0 Å². The van der Waals surface area contributed by atoms with Crippen LogP contribution in [0.3, 0.4) is 0 Å². The highest BCUT2D eigenvalue weighted by molar-refractivity contribution is 5.55. The molecule has 0 atom stereocenters. The van der Waals surface area contributed by atoms with Crippen LogP contribution < -0.4 is 16.6 Å². The zero-order chi connectivity index (χ0) is 8.97. The van der Waals surface area contributed by atoms with Crippen LogP contribution in [0.2, 0.25) is 0 Å². The molecule has 5 nitrogen and oxygen atoms in total. The van der Waals surface area contributed by atoms with E-state index in [0.717, 1.165) is 17.9 Å². The third-order valence-electron chi connectivity index (χ3n) is 1.57. The Bertz CT molecular complexity index is 260. The van der Waals surface area contributed by atoms with E-state index in [0.29, 0.717) is 5.82 Å². The molecule has 66 valence electrons. The summed E-state index contributed by atoms with van der Waals surface area (Å²) in [5, 5.41) is 3.10. The van der Waals surface area contributed by atoms with Crippen molar-refractivity contribution in [3.63, 3.8) is 0 Å². The lowest BCUT2D eigenvalue weighted by molar-refractivity contribution is 1.07. The molecule has 0 saturated carbocycles. The first-order chi connectivity index (χ1) is 5.79. The zero-order valence-electron chi connectivity index (χ0n) is 7.26. The summed E-state index contributed by atoms with van der Waals surface area (Å²) in [6, 6.07) is 0. The van der Waals surface area contributed by atoms with Crippen LogP contribution in [-0.4, -0.2) is 16.5 Å². The Labute approximate surface area is 71.4 Å². The van der Waals surface area contributed by atoms with E-state index in [1.165, 1.54) is 6.33 Å². The Morgan fingerprint density at radius 1 is 1.42 bits per heavy atom. The van der Waals surface area contributed by atoms with Gasteiger partial charge in [0, 0.05) is 12.1 Å². The molecule has 0 unspecified atom stereocenters. The van der Waals surface area contributed by atoms with Crippen LogP contribution in [-0.2, 0) is 0 Å². The van der Waals surface area contributed by atoms with Gasteiger partial charge in [-0.1, -0.05) is 0 Å². The average Bonchev–Trinajstić information content (AvgIpc) is 2.09. The van der Waals surface area contributed by atoms with Crippen LogP contribution in [0.4, 0.5) is 11.6 Å². The van der Waals surface area contributed by atoms with Crippen molar-refractivity contribution in [3.05, 3.63) is 11.9 Å². The molecule has 1 rings (SSSR count). The number of nitrogens with one attached hydrogen (secondary N) is 2. The number of nitrogen functional groups attached to an aromatic ring is 1. The summed E-state index contributed by atoms with van der Waals surface area (Å²) in [4.78, 5) is 8.01. The van der Waals surface area contributed by atoms with E-state index in [1.807, 2.05) is 13.8 Å². The molecule has 0 bridgehead atoms. The van der Waals surface area contributed by atoms with E-state index >= 15 is 0 Å². The second-order valence-corrected chi connectivity index (χ2v) is 2.37. The van der Waals surface area contributed by atoms with Gasteiger partial charge in [-0.15, -0.1) is 0 Å². The molecule has 12 heavy (non-hydrogen) atoms. The largest absolute Gasteiger partial charge is 0.370 e. The second kappa shape index (κ2) is 3.87. The summed E-state index contributed by atoms with van der Waals surface area (Å²) in [5.41, 5.74) is 3.44. The molecule has 1 aromatic heterocycles. The number of anilines is 2. The lowest BCUT2D eigenvalue weighted by atomic mass is 10.3. The van der Waals surface area contributed by atoms with Gasteiger partial charge in [0.15, 0.2) is 0 Å². The number of hydrogen-bond acceptors (Lipinski definition) is 5. The van der Waals surface area contributed by atoms with Gasteiger partial charge in [-0.25, -0.2) is 15.8 Å². The van der Waals surface area contributed by atoms with Gasteiger partial charge in [-0.2, -0.15) is 0 Å². The van der Waals surface area contributed by atoms with Crippen LogP contribution in [0.25, 0.3) is 0 Å². The molecule has 0 amide bonds. The normalized spacial score (nSPS) is 9.58. The summed E-state index contributed by atoms with van der Waals surface area (Å²) < 4.78 is 0. The van der Waals surface area contributed by atoms with Crippen molar-refractivity contribution in [3.8, 4) is 0 Å². The van der Waals surface area contributed by atoms with Gasteiger partial charge in [0.1, 0.15) is 18.0 Å². The Balaban J connectivity index is 2.97. The van der Waals surface area contributed by atoms with Gasteiger partial charge >= 0.3 is 0 Å². The van der Waals surface area contributed by atoms with Crippen molar-refractivity contribution < 1.29 is 0 Å². The smallest absolute Gasteiger partial charge is 0.148 e. The zero-order valence-corrected chi connectivity index (χ0v) is 7.26. The third-order valence-corrected chi connectivity index (χ3v) is 1.57. The fourth-order valence-electron chi connectivity index (χ4n) is 0.941. The molecule has 0 aliphatic carbocycles. The average molecular weight is 167 g/mol. The van der Waals surface area contributed by atoms with Crippen molar-refractivity contribution in [2.45, 2.75) is 13.8 Å². The Hall–Kier alpha value is -1.36. The minimum absolute atomic E-state index is 0.654. The van der Waals surface area contributed by atoms with Crippen molar-refractivity contribution in [1.82, 2.24) is 9.97 Å². The van der Waals surface area contributed by atoms with Gasteiger partial charge in [-0.05, 0) is 13.8 Å². The fraction of sp³-hybridized carbons (Fsp3) is 0.429. The minimum Gasteiger partial charge on any atom is -0.370 e. The molecule has 0 aliphatic rings. The highest BCUT2D eigenvalue weighted by Gasteiger charge is 2.03. The topological polar surface area (TPSA) is 75.9 Å². The van der Waals surface area contributed by atoms with Gasteiger partial charge in [-0.3, -0.25) is 0 Å². The third kappa shape index (κ3) is 1.62. The number of hydrogen-bond donors (Lipinski definition) is 3. The highest BCUT2D eigenvalue weighted by atomic mass is 15.3. The van der Waals surface area contributed by atoms with E-state index in [1.54, 1.807) is 0 Å². The lowest BCUT2D eigenvalue weighted by Crippen LogP contribution is -2.12. The van der Waals surface area contributed by atoms with Crippen LogP contribution in [0, 0.1) is 6.92 Å². The first kappa shape index (κ1) is 8.73. The van der Waals surface area contributed by atoms with Crippen molar-refractivity contribution >= 4 is 11.6 Å². The number of nitrogens with two attached hydrogens (primary N) is 1. The molecule has 0 saturated heterocycles. The predicted molar refractivity (Wildman–Crippen MR) is 48.7 cm³/mol. The maximum Gasteiger partial charge on any atom is 0.148 e. The summed E-state index contributed by atoms with van der Waals surface area (Å²) in [5.74, 6) is 6.72. The van der Waals surface area contributed by atoms with Crippen molar-refractivity contribution in [2.24, 2.45) is 5.84 Å². The van der Waals surface area contributed by atoms with Crippen LogP contribution in [0.15, 0.2) is 6.33 Å². The van der Waals surface area contributed by atoms with Crippen LogP contribution in [0.1, 0.15) is 12.5 Å². The maximum absolute atomic E-state index is 5.25. The first-order valence-corrected chi connectivity index (χ1v) is 3.81. The summed E-state index contributed by atoms with van der Waals surface area (Å²) >= 11 is 0. The molecule has 0 aromatic carbocycles. The van der Waals surface area contributed by atoms with Crippen molar-refractivity contribution in [2.75, 3.05) is 17.3 Å². The number of hydrazine groups is 1. The second-order valence-electron chi connectivity index (χ2n) is 2.37. The van der Waals surface area contributed by atoms with Gasteiger partial charge in [0.25, 0.3) is 0 Å². The van der Waals surface area contributed by atoms with Gasteiger partial charge in [0.2, 0.25) is 0 Å². The maximum atomic E-state index is 5.25. The predicted octanol–water partition coefficient (Wildman–Crippen LogP) is 0.502. The fourth-order valence-corrected chi connectivity index (χ4v) is 0.941. The van der Waals surface area contributed by atoms with E-state index in [4.69, 9.17) is 5.84 Å². The molecule has 0 spiro atoms. The van der Waals surface area contributed by atoms with Gasteiger partial charge in [0.05, 0.1) is 0 Å². The molecule has 4 N–H and O–H groups in total. The molecule has 0 radical (unpaired) electrons. The standard InChI is InChI=1S/C7H13N5/c1-3-9-6-5(2)7(12-8)11-4-10-6/h4H,3,8H2,1-2H3,(H2,9,10,11,12). The highest BCUT2D eigenvalue weighted by Crippen LogP contribution is 2.16. The molecule has 0 fully saturated rings. The quantitative estimate of drug-likeness (QED) is 0.451.